The Balaban J connectivity index is 2.67. The van der Waals surface area contributed by atoms with Gasteiger partial charge in [0.15, 0.2) is 0 Å². The van der Waals surface area contributed by atoms with E-state index in [1.54, 1.807) is 12.3 Å². The van der Waals surface area contributed by atoms with E-state index in [9.17, 15) is 0 Å². The van der Waals surface area contributed by atoms with Crippen molar-refractivity contribution in [3.05, 3.63) is 30.4 Å². The fourth-order valence-electron chi connectivity index (χ4n) is 1.00. The van der Waals surface area contributed by atoms with Gasteiger partial charge in [-0.05, 0) is 12.1 Å². The predicted molar refractivity (Wildman–Crippen MR) is 43.3 cm³/mol. The van der Waals surface area contributed by atoms with Crippen LogP contribution in [0.25, 0.3) is 11.0 Å². The van der Waals surface area contributed by atoms with E-state index in [4.69, 9.17) is 5.11 Å². The van der Waals surface area contributed by atoms with E-state index in [0.717, 1.165) is 5.52 Å². The minimum atomic E-state index is -0.0508. The quantitative estimate of drug-likeness (QED) is 0.662. The molecule has 0 aliphatic carbocycles. The summed E-state index contributed by atoms with van der Waals surface area (Å²) in [4.78, 5) is 12.0. The first kappa shape index (κ1) is 7.12. The number of hydrogen-bond acceptors (Lipinski definition) is 4. The molecular formula is C8H7N3O. The molecule has 12 heavy (non-hydrogen) atoms. The molecule has 0 amide bonds. The third-order valence-electron chi connectivity index (χ3n) is 1.58. The van der Waals surface area contributed by atoms with Gasteiger partial charge in [-0.2, -0.15) is 0 Å². The van der Waals surface area contributed by atoms with Crippen molar-refractivity contribution in [1.82, 2.24) is 15.0 Å². The van der Waals surface area contributed by atoms with Crippen LogP contribution in [0.1, 0.15) is 5.69 Å². The lowest BCUT2D eigenvalue weighted by atomic mass is 10.3. The molecule has 0 fully saturated rings. The average Bonchev–Trinajstić information content (AvgIpc) is 2.17. The molecule has 0 aromatic carbocycles. The molecule has 0 radical (unpaired) electrons. The predicted octanol–water partition coefficient (Wildman–Crippen LogP) is 0.517. The van der Waals surface area contributed by atoms with Crippen molar-refractivity contribution in [2.75, 3.05) is 0 Å². The van der Waals surface area contributed by atoms with Gasteiger partial charge in [-0.3, -0.25) is 0 Å². The molecule has 60 valence electrons. The van der Waals surface area contributed by atoms with Crippen molar-refractivity contribution in [1.29, 1.82) is 0 Å². The Hall–Kier alpha value is -1.55. The topological polar surface area (TPSA) is 58.9 Å². The SMILES string of the molecule is OCc1ccc2ncncc2n1. The van der Waals surface area contributed by atoms with E-state index in [1.807, 2.05) is 6.07 Å². The summed E-state index contributed by atoms with van der Waals surface area (Å²) in [5, 5.41) is 8.79. The van der Waals surface area contributed by atoms with Crippen LogP contribution in [0.3, 0.4) is 0 Å². The summed E-state index contributed by atoms with van der Waals surface area (Å²) in [6, 6.07) is 3.56. The molecule has 0 spiro atoms. The summed E-state index contributed by atoms with van der Waals surface area (Å²) in [7, 11) is 0. The van der Waals surface area contributed by atoms with Crippen LogP contribution in [0.2, 0.25) is 0 Å². The molecule has 0 aliphatic rings. The molecular weight excluding hydrogens is 154 g/mol. The Morgan fingerprint density at radius 3 is 3.00 bits per heavy atom. The van der Waals surface area contributed by atoms with Gasteiger partial charge in [0, 0.05) is 0 Å². The van der Waals surface area contributed by atoms with Gasteiger partial charge in [0.25, 0.3) is 0 Å². The van der Waals surface area contributed by atoms with Crippen LogP contribution in [0.5, 0.6) is 0 Å². The Morgan fingerprint density at radius 1 is 1.25 bits per heavy atom. The summed E-state index contributed by atoms with van der Waals surface area (Å²) < 4.78 is 0. The average molecular weight is 161 g/mol. The number of rotatable bonds is 1. The number of fused-ring (bicyclic) bond motifs is 1. The van der Waals surface area contributed by atoms with Crippen molar-refractivity contribution in [2.24, 2.45) is 0 Å². The van der Waals surface area contributed by atoms with E-state index in [2.05, 4.69) is 15.0 Å². The number of aromatic nitrogens is 3. The molecule has 2 aromatic rings. The van der Waals surface area contributed by atoms with E-state index >= 15 is 0 Å². The first-order chi connectivity index (χ1) is 5.90. The molecule has 0 atom stereocenters. The fourth-order valence-corrected chi connectivity index (χ4v) is 1.00. The lowest BCUT2D eigenvalue weighted by Gasteiger charge is -1.96. The molecule has 4 heteroatoms. The van der Waals surface area contributed by atoms with Crippen molar-refractivity contribution in [3.63, 3.8) is 0 Å². The molecule has 2 rings (SSSR count). The zero-order valence-corrected chi connectivity index (χ0v) is 6.31. The maximum atomic E-state index is 8.79. The van der Waals surface area contributed by atoms with E-state index in [0.29, 0.717) is 11.2 Å². The van der Waals surface area contributed by atoms with Crippen LogP contribution >= 0.6 is 0 Å². The van der Waals surface area contributed by atoms with E-state index < -0.39 is 0 Å². The summed E-state index contributed by atoms with van der Waals surface area (Å²) in [5.41, 5.74) is 2.14. The smallest absolute Gasteiger partial charge is 0.116 e. The van der Waals surface area contributed by atoms with E-state index in [1.165, 1.54) is 6.33 Å². The Bertz CT molecular complexity index is 402. The van der Waals surface area contributed by atoms with Gasteiger partial charge < -0.3 is 5.11 Å². The maximum Gasteiger partial charge on any atom is 0.116 e. The van der Waals surface area contributed by atoms with Crippen molar-refractivity contribution in [3.8, 4) is 0 Å². The minimum Gasteiger partial charge on any atom is -0.390 e. The molecule has 2 heterocycles. The van der Waals surface area contributed by atoms with Crippen molar-refractivity contribution in [2.45, 2.75) is 6.61 Å². The normalized spacial score (nSPS) is 10.4. The second-order valence-electron chi connectivity index (χ2n) is 2.39. The summed E-state index contributed by atoms with van der Waals surface area (Å²) >= 11 is 0. The third-order valence-corrected chi connectivity index (χ3v) is 1.58. The van der Waals surface area contributed by atoms with Gasteiger partial charge in [-0.15, -0.1) is 0 Å². The van der Waals surface area contributed by atoms with Crippen LogP contribution in [0, 0.1) is 0 Å². The van der Waals surface area contributed by atoms with Crippen LogP contribution in [-0.2, 0) is 6.61 Å². The fraction of sp³-hybridized carbons (Fsp3) is 0.125. The number of hydrogen-bond donors (Lipinski definition) is 1. The van der Waals surface area contributed by atoms with Crippen molar-refractivity contribution >= 4 is 11.0 Å². The lowest BCUT2D eigenvalue weighted by molar-refractivity contribution is 0.277. The standard InChI is InChI=1S/C8H7N3O/c12-4-6-1-2-7-8(11-6)3-9-5-10-7/h1-3,5,12H,4H2. The lowest BCUT2D eigenvalue weighted by Crippen LogP contribution is -1.90. The van der Waals surface area contributed by atoms with Gasteiger partial charge in [-0.25, -0.2) is 15.0 Å². The molecule has 4 nitrogen and oxygen atoms in total. The molecule has 0 aliphatic heterocycles. The molecule has 0 unspecified atom stereocenters. The number of aliphatic hydroxyl groups is 1. The molecule has 1 N–H and O–H groups in total. The Morgan fingerprint density at radius 2 is 2.17 bits per heavy atom. The molecule has 2 aromatic heterocycles. The van der Waals surface area contributed by atoms with Gasteiger partial charge in [0.1, 0.15) is 11.8 Å². The highest BCUT2D eigenvalue weighted by Gasteiger charge is 1.96. The monoisotopic (exact) mass is 161 g/mol. The Labute approximate surface area is 68.9 Å². The first-order valence-corrected chi connectivity index (χ1v) is 3.56. The second kappa shape index (κ2) is 2.83. The van der Waals surface area contributed by atoms with Crippen LogP contribution in [0.4, 0.5) is 0 Å². The number of nitrogens with zero attached hydrogens (tertiary/aromatic N) is 3. The zero-order chi connectivity index (χ0) is 8.39. The molecule has 0 saturated carbocycles. The van der Waals surface area contributed by atoms with Crippen LogP contribution < -0.4 is 0 Å². The Kier molecular flexibility index (Phi) is 1.68. The third kappa shape index (κ3) is 1.12. The summed E-state index contributed by atoms with van der Waals surface area (Å²) in [6.45, 7) is -0.0508. The van der Waals surface area contributed by atoms with Crippen LogP contribution in [0.15, 0.2) is 24.7 Å². The van der Waals surface area contributed by atoms with Gasteiger partial charge >= 0.3 is 0 Å². The summed E-state index contributed by atoms with van der Waals surface area (Å²) in [6.07, 6.45) is 3.10. The second-order valence-corrected chi connectivity index (χ2v) is 2.39. The summed E-state index contributed by atoms with van der Waals surface area (Å²) in [5.74, 6) is 0. The highest BCUT2D eigenvalue weighted by atomic mass is 16.3. The largest absolute Gasteiger partial charge is 0.390 e. The number of pyridine rings is 1. The molecule has 0 bridgehead atoms. The van der Waals surface area contributed by atoms with Gasteiger partial charge in [0.2, 0.25) is 0 Å². The number of aliphatic hydroxyl groups excluding tert-OH is 1. The van der Waals surface area contributed by atoms with E-state index in [-0.39, 0.29) is 6.61 Å². The highest BCUT2D eigenvalue weighted by molar-refractivity contribution is 5.72. The first-order valence-electron chi connectivity index (χ1n) is 3.56. The van der Waals surface area contributed by atoms with Gasteiger partial charge in [0.05, 0.1) is 24.0 Å². The van der Waals surface area contributed by atoms with Crippen LogP contribution in [-0.4, -0.2) is 20.1 Å². The highest BCUT2D eigenvalue weighted by Crippen LogP contribution is 2.06. The van der Waals surface area contributed by atoms with Crippen molar-refractivity contribution < 1.29 is 5.11 Å². The molecule has 0 saturated heterocycles. The maximum absolute atomic E-state index is 8.79. The zero-order valence-electron chi connectivity index (χ0n) is 6.31. The van der Waals surface area contributed by atoms with Gasteiger partial charge in [-0.1, -0.05) is 0 Å². The minimum absolute atomic E-state index is 0.0508.